The van der Waals surface area contributed by atoms with E-state index < -0.39 is 0 Å². The number of benzene rings is 1. The summed E-state index contributed by atoms with van der Waals surface area (Å²) in [6.45, 7) is 1.87. The Morgan fingerprint density at radius 3 is 2.61 bits per heavy atom. The molecule has 0 saturated carbocycles. The molecule has 0 spiro atoms. The van der Waals surface area contributed by atoms with Crippen molar-refractivity contribution in [2.24, 2.45) is 0 Å². The van der Waals surface area contributed by atoms with E-state index in [2.05, 4.69) is 9.97 Å². The Labute approximate surface area is 109 Å². The molecule has 1 heterocycles. The average Bonchev–Trinajstić information content (AvgIpc) is 2.39. The molecule has 0 aliphatic rings. The van der Waals surface area contributed by atoms with E-state index in [1.807, 2.05) is 37.3 Å². The van der Waals surface area contributed by atoms with Gasteiger partial charge in [-0.2, -0.15) is 5.26 Å². The van der Waals surface area contributed by atoms with Gasteiger partial charge in [-0.15, -0.1) is 0 Å². The lowest BCUT2D eigenvalue weighted by Gasteiger charge is -2.02. The molecule has 0 aliphatic carbocycles. The first-order valence-electron chi connectivity index (χ1n) is 5.34. The normalized spacial score (nSPS) is 10.1. The molecule has 2 aromatic rings. The smallest absolute Gasteiger partial charge is 0.193 e. The molecule has 1 aromatic heterocycles. The van der Waals surface area contributed by atoms with Gasteiger partial charge in [0.1, 0.15) is 11.8 Å². The van der Waals surface area contributed by atoms with E-state index in [0.717, 1.165) is 16.2 Å². The average molecular weight is 257 g/mol. The minimum absolute atomic E-state index is 0.0322. The van der Waals surface area contributed by atoms with Gasteiger partial charge in [0.2, 0.25) is 0 Å². The minimum atomic E-state index is 0.0322. The topological polar surface area (TPSA) is 69.8 Å². The quantitative estimate of drug-likeness (QED) is 0.854. The van der Waals surface area contributed by atoms with Gasteiger partial charge in [0.25, 0.3) is 0 Å². The Morgan fingerprint density at radius 1 is 1.28 bits per heavy atom. The molecule has 0 fully saturated rings. The molecular weight excluding hydrogens is 246 g/mol. The zero-order valence-corrected chi connectivity index (χ0v) is 10.6. The summed E-state index contributed by atoms with van der Waals surface area (Å²) in [6, 6.07) is 11.2. The summed E-state index contributed by atoms with van der Waals surface area (Å²) in [5, 5.41) is 18.4. The van der Waals surface area contributed by atoms with Gasteiger partial charge in [-0.3, -0.25) is 0 Å². The fraction of sp³-hybridized carbons (Fsp3) is 0.154. The number of hydrogen-bond acceptors (Lipinski definition) is 5. The lowest BCUT2D eigenvalue weighted by atomic mass is 10.2. The molecule has 4 nitrogen and oxygen atoms in total. The zero-order valence-electron chi connectivity index (χ0n) is 9.79. The Kier molecular flexibility index (Phi) is 3.92. The van der Waals surface area contributed by atoms with Crippen molar-refractivity contribution in [3.05, 3.63) is 47.3 Å². The van der Waals surface area contributed by atoms with Crippen LogP contribution in [0.1, 0.15) is 17.0 Å². The summed E-state index contributed by atoms with van der Waals surface area (Å²) in [5.74, 6) is 0. The summed E-state index contributed by atoms with van der Waals surface area (Å²) >= 11 is 1.40. The Morgan fingerprint density at radius 2 is 2.00 bits per heavy atom. The number of rotatable bonds is 3. The largest absolute Gasteiger partial charge is 0.392 e. The highest BCUT2D eigenvalue weighted by Gasteiger charge is 2.04. The Balaban J connectivity index is 2.22. The van der Waals surface area contributed by atoms with Crippen molar-refractivity contribution in [2.45, 2.75) is 23.6 Å². The van der Waals surface area contributed by atoms with Crippen LogP contribution < -0.4 is 0 Å². The number of hydrogen-bond donors (Lipinski definition) is 1. The van der Waals surface area contributed by atoms with Gasteiger partial charge in [-0.1, -0.05) is 12.1 Å². The molecule has 0 radical (unpaired) electrons. The van der Waals surface area contributed by atoms with Crippen LogP contribution in [-0.4, -0.2) is 15.1 Å². The first-order chi connectivity index (χ1) is 8.71. The zero-order chi connectivity index (χ0) is 13.0. The van der Waals surface area contributed by atoms with Crippen LogP contribution in [0, 0.1) is 18.3 Å². The van der Waals surface area contributed by atoms with E-state index in [4.69, 9.17) is 10.4 Å². The van der Waals surface area contributed by atoms with E-state index in [1.165, 1.54) is 11.8 Å². The van der Waals surface area contributed by atoms with Gasteiger partial charge in [0.15, 0.2) is 5.16 Å². The van der Waals surface area contributed by atoms with Crippen molar-refractivity contribution < 1.29 is 5.11 Å². The van der Waals surface area contributed by atoms with Crippen molar-refractivity contribution in [1.29, 1.82) is 5.26 Å². The summed E-state index contributed by atoms with van der Waals surface area (Å²) in [6.07, 6.45) is 0. The van der Waals surface area contributed by atoms with E-state index >= 15 is 0 Å². The standard InChI is InChI=1S/C13H11N3OS/c1-9-6-11(7-14)16-13(15-9)18-12-4-2-10(8-17)3-5-12/h2-6,17H,8H2,1H3. The number of aromatic nitrogens is 2. The molecule has 1 N–H and O–H groups in total. The molecule has 0 bridgehead atoms. The molecule has 0 atom stereocenters. The molecule has 18 heavy (non-hydrogen) atoms. The first-order valence-corrected chi connectivity index (χ1v) is 6.16. The van der Waals surface area contributed by atoms with Crippen LogP contribution >= 0.6 is 11.8 Å². The molecule has 5 heteroatoms. The fourth-order valence-electron chi connectivity index (χ4n) is 1.41. The van der Waals surface area contributed by atoms with Crippen LogP contribution in [0.3, 0.4) is 0 Å². The lowest BCUT2D eigenvalue weighted by molar-refractivity contribution is 0.282. The molecule has 2 rings (SSSR count). The molecule has 0 saturated heterocycles. The Bertz CT molecular complexity index is 590. The molecule has 0 amide bonds. The molecule has 0 unspecified atom stereocenters. The minimum Gasteiger partial charge on any atom is -0.392 e. The van der Waals surface area contributed by atoms with Crippen LogP contribution in [-0.2, 0) is 6.61 Å². The van der Waals surface area contributed by atoms with Gasteiger partial charge in [-0.25, -0.2) is 9.97 Å². The maximum absolute atomic E-state index is 8.96. The number of nitriles is 1. The number of nitrogens with zero attached hydrogens (tertiary/aromatic N) is 3. The van der Waals surface area contributed by atoms with Gasteiger partial charge in [0, 0.05) is 10.6 Å². The van der Waals surface area contributed by atoms with E-state index in [-0.39, 0.29) is 6.61 Å². The molecule has 0 aliphatic heterocycles. The predicted octanol–water partition coefficient (Wildman–Crippen LogP) is 2.30. The molecular formula is C13H11N3OS. The van der Waals surface area contributed by atoms with Crippen molar-refractivity contribution >= 4 is 11.8 Å². The van der Waals surface area contributed by atoms with Crippen LogP contribution in [0.2, 0.25) is 0 Å². The highest BCUT2D eigenvalue weighted by molar-refractivity contribution is 7.99. The number of aryl methyl sites for hydroxylation is 1. The summed E-state index contributed by atoms with van der Waals surface area (Å²) in [5.41, 5.74) is 2.01. The van der Waals surface area contributed by atoms with Crippen LogP contribution in [0.5, 0.6) is 0 Å². The fourth-order valence-corrected chi connectivity index (χ4v) is 2.23. The third-order valence-corrected chi connectivity index (χ3v) is 3.14. The second-order valence-electron chi connectivity index (χ2n) is 3.69. The Hall–Kier alpha value is -1.90. The third kappa shape index (κ3) is 3.06. The van der Waals surface area contributed by atoms with Crippen LogP contribution in [0.25, 0.3) is 0 Å². The number of aliphatic hydroxyl groups excluding tert-OH is 1. The van der Waals surface area contributed by atoms with Crippen molar-refractivity contribution in [2.75, 3.05) is 0 Å². The highest BCUT2D eigenvalue weighted by Crippen LogP contribution is 2.25. The predicted molar refractivity (Wildman–Crippen MR) is 68.0 cm³/mol. The summed E-state index contributed by atoms with van der Waals surface area (Å²) < 4.78 is 0. The maximum Gasteiger partial charge on any atom is 0.193 e. The lowest BCUT2D eigenvalue weighted by Crippen LogP contribution is -1.93. The molecule has 1 aromatic carbocycles. The van der Waals surface area contributed by atoms with Crippen molar-refractivity contribution in [3.63, 3.8) is 0 Å². The maximum atomic E-state index is 8.96. The third-order valence-electron chi connectivity index (χ3n) is 2.26. The second kappa shape index (κ2) is 5.63. The van der Waals surface area contributed by atoms with Gasteiger partial charge < -0.3 is 5.11 Å². The van der Waals surface area contributed by atoms with E-state index in [9.17, 15) is 0 Å². The van der Waals surface area contributed by atoms with E-state index in [1.54, 1.807) is 6.07 Å². The van der Waals surface area contributed by atoms with Gasteiger partial charge in [-0.05, 0) is 42.4 Å². The SMILES string of the molecule is Cc1cc(C#N)nc(Sc2ccc(CO)cc2)n1. The summed E-state index contributed by atoms with van der Waals surface area (Å²) in [7, 11) is 0. The van der Waals surface area contributed by atoms with Crippen molar-refractivity contribution in [1.82, 2.24) is 9.97 Å². The summed E-state index contributed by atoms with van der Waals surface area (Å²) in [4.78, 5) is 9.38. The van der Waals surface area contributed by atoms with Gasteiger partial charge in [0.05, 0.1) is 6.61 Å². The number of aliphatic hydroxyl groups is 1. The van der Waals surface area contributed by atoms with Crippen molar-refractivity contribution in [3.8, 4) is 6.07 Å². The second-order valence-corrected chi connectivity index (χ2v) is 4.73. The van der Waals surface area contributed by atoms with E-state index in [0.29, 0.717) is 10.9 Å². The van der Waals surface area contributed by atoms with Gasteiger partial charge >= 0.3 is 0 Å². The monoisotopic (exact) mass is 257 g/mol. The molecule has 90 valence electrons. The first kappa shape index (κ1) is 12.6. The highest BCUT2D eigenvalue weighted by atomic mass is 32.2. The van der Waals surface area contributed by atoms with Crippen LogP contribution in [0.15, 0.2) is 40.4 Å². The van der Waals surface area contributed by atoms with Crippen LogP contribution in [0.4, 0.5) is 0 Å².